The second-order valence-corrected chi connectivity index (χ2v) is 0. The van der Waals surface area contributed by atoms with E-state index in [0.717, 1.165) is 0 Å². The Kier molecular flexibility index (Phi) is 664. The van der Waals surface area contributed by atoms with Crippen molar-refractivity contribution in [2.75, 3.05) is 0 Å². The second kappa shape index (κ2) is 91.3. The second-order valence-electron chi connectivity index (χ2n) is 0. The van der Waals surface area contributed by atoms with Crippen LogP contribution < -0.4 is 0 Å². The van der Waals surface area contributed by atoms with Crippen molar-refractivity contribution in [3.8, 4) is 0 Å². The van der Waals surface area contributed by atoms with Crippen LogP contribution in [0.1, 0.15) is 0 Å². The molecule has 0 atom stereocenters. The van der Waals surface area contributed by atoms with E-state index in [1.54, 1.807) is 0 Å². The minimum Gasteiger partial charge on any atom is 0 e. The van der Waals surface area contributed by atoms with Gasteiger partial charge in [0, 0.05) is 436 Å². The minimum absolute atomic E-state index is 0. The van der Waals surface area contributed by atoms with Crippen molar-refractivity contribution in [3.05, 3.63) is 0 Å². The Morgan fingerprint density at radius 2 is 0.0714 bits per heavy atom. The fourth-order valence-corrected chi connectivity index (χ4v) is 0. The molecule has 0 nitrogen and oxygen atoms in total. The molecule has 0 radical (unpaired) electrons. The molecule has 0 aromatic carbocycles. The van der Waals surface area contributed by atoms with Gasteiger partial charge in [0.1, 0.15) is 0 Å². The SMILES string of the molecule is [U].[U].[U].[U].[U].[U].[U].[U].[U].[U].[U].[U].[U].[U]. The first-order chi connectivity index (χ1) is 0. The average Bonchev–Trinajstić information content (AvgIpc) is 0. The summed E-state index contributed by atoms with van der Waals surface area (Å²) in [6.45, 7) is 0. The fourth-order valence-electron chi connectivity index (χ4n) is 0. The predicted octanol–water partition coefficient (Wildman–Crippen LogP) is 0. The van der Waals surface area contributed by atoms with Crippen LogP contribution in [0.25, 0.3) is 0 Å². The molecule has 0 fully saturated rings. The maximum atomic E-state index is 0. The van der Waals surface area contributed by atoms with E-state index in [1.807, 2.05) is 0 Å². The van der Waals surface area contributed by atoms with E-state index in [1.165, 1.54) is 0 Å². The van der Waals surface area contributed by atoms with Crippen LogP contribution >= 0.6 is 0 Å². The first-order valence-electron chi connectivity index (χ1n) is 0. The number of rotatable bonds is 0. The van der Waals surface area contributed by atoms with Gasteiger partial charge in [0.25, 0.3) is 0 Å². The molecule has 0 heterocycles. The third-order valence-electron chi connectivity index (χ3n) is 0. The van der Waals surface area contributed by atoms with E-state index in [0.29, 0.717) is 0 Å². The molecule has 14 heteroatoms. The molecule has 0 aromatic rings. The van der Waals surface area contributed by atoms with Crippen molar-refractivity contribution in [2.24, 2.45) is 0 Å². The molecule has 14 heavy (non-hydrogen) atoms. The quantitative estimate of drug-likeness (QED) is 0.321. The zero-order chi connectivity index (χ0) is 0. The topological polar surface area (TPSA) is 0 Å². The Balaban J connectivity index is 0. The summed E-state index contributed by atoms with van der Waals surface area (Å²) in [5, 5.41) is 0. The van der Waals surface area contributed by atoms with Crippen LogP contribution in [0.4, 0.5) is 0 Å². The molecule has 0 spiro atoms. The van der Waals surface area contributed by atoms with E-state index in [-0.39, 0.29) is 436 Å². The van der Waals surface area contributed by atoms with Crippen LogP contribution in [0.15, 0.2) is 0 Å². The molecule has 0 amide bonds. The van der Waals surface area contributed by atoms with Gasteiger partial charge in [0.05, 0.1) is 0 Å². The zero-order valence-electron chi connectivity index (χ0n) is 7.00. The van der Waals surface area contributed by atoms with Crippen LogP contribution in [0.2, 0.25) is 0 Å². The summed E-state index contributed by atoms with van der Waals surface area (Å²) in [7, 11) is 0. The molecule has 0 rings (SSSR count). The Hall–Kier alpha value is 14.7. The largest absolute Gasteiger partial charge is 0 e. The molecule has 0 unspecified atom stereocenters. The third kappa shape index (κ3) is 81.6. The molecule has 56 valence electrons. The third-order valence-corrected chi connectivity index (χ3v) is 0. The van der Waals surface area contributed by atoms with E-state index in [2.05, 4.69) is 0 Å². The summed E-state index contributed by atoms with van der Waals surface area (Å²) < 4.78 is 0. The smallest absolute Gasteiger partial charge is 0 e. The van der Waals surface area contributed by atoms with Crippen LogP contribution in [0.3, 0.4) is 0 Å². The van der Waals surface area contributed by atoms with Gasteiger partial charge in [-0.1, -0.05) is 0 Å². The first kappa shape index (κ1) is 102. The molecular weight excluding hydrogens is 3330 g/mol. The van der Waals surface area contributed by atoms with Gasteiger partial charge in [-0.25, -0.2) is 0 Å². The molecule has 0 saturated heterocycles. The Morgan fingerprint density at radius 3 is 0.0714 bits per heavy atom. The van der Waals surface area contributed by atoms with Crippen LogP contribution in [0, 0.1) is 436 Å². The van der Waals surface area contributed by atoms with Crippen molar-refractivity contribution >= 4 is 0 Å². The van der Waals surface area contributed by atoms with Crippen molar-refractivity contribution in [1.29, 1.82) is 0 Å². The van der Waals surface area contributed by atoms with E-state index < -0.39 is 0 Å². The van der Waals surface area contributed by atoms with Crippen molar-refractivity contribution in [1.82, 2.24) is 0 Å². The average molecular weight is 3330 g/mol. The summed E-state index contributed by atoms with van der Waals surface area (Å²) in [4.78, 5) is 0. The Morgan fingerprint density at radius 1 is 0.0714 bits per heavy atom. The van der Waals surface area contributed by atoms with Gasteiger partial charge in [-0.2, -0.15) is 0 Å². The van der Waals surface area contributed by atoms with Crippen LogP contribution in [-0.4, -0.2) is 0 Å². The van der Waals surface area contributed by atoms with Gasteiger partial charge >= 0.3 is 0 Å². The monoisotopic (exact) mass is 3330 g/mol. The molecule has 0 bridgehead atoms. The van der Waals surface area contributed by atoms with Crippen molar-refractivity contribution in [3.63, 3.8) is 0 Å². The summed E-state index contributed by atoms with van der Waals surface area (Å²) in [5.74, 6) is 0. The molecular formula is U14. The van der Waals surface area contributed by atoms with Crippen LogP contribution in [0.5, 0.6) is 0 Å². The van der Waals surface area contributed by atoms with Gasteiger partial charge < -0.3 is 0 Å². The molecule has 0 aliphatic heterocycles. The zero-order valence-corrected chi connectivity index (χ0v) is 65.3. The summed E-state index contributed by atoms with van der Waals surface area (Å²) >= 11 is 0. The van der Waals surface area contributed by atoms with Crippen LogP contribution in [-0.2, 0) is 0 Å². The van der Waals surface area contributed by atoms with Gasteiger partial charge in [-0.15, -0.1) is 0 Å². The molecule has 0 aliphatic rings. The van der Waals surface area contributed by atoms with Gasteiger partial charge in [-0.3, -0.25) is 0 Å². The van der Waals surface area contributed by atoms with Gasteiger partial charge in [0.2, 0.25) is 0 Å². The van der Waals surface area contributed by atoms with Crippen molar-refractivity contribution in [2.45, 2.75) is 0 Å². The molecule has 0 saturated carbocycles. The maximum absolute atomic E-state index is 0. The summed E-state index contributed by atoms with van der Waals surface area (Å²) in [6, 6.07) is 0. The number of hydrogen-bond acceptors (Lipinski definition) is 0. The summed E-state index contributed by atoms with van der Waals surface area (Å²) in [6.07, 6.45) is 0. The fraction of sp³-hybridized carbons (Fsp3) is 0. The van der Waals surface area contributed by atoms with E-state index >= 15 is 0 Å². The van der Waals surface area contributed by atoms with Gasteiger partial charge in [0.15, 0.2) is 0 Å². The standard InChI is InChI=1S/14U. The first-order valence-corrected chi connectivity index (χ1v) is 0. The predicted molar refractivity (Wildman–Crippen MR) is 0 cm³/mol. The van der Waals surface area contributed by atoms with E-state index in [4.69, 9.17) is 0 Å². The summed E-state index contributed by atoms with van der Waals surface area (Å²) in [5.41, 5.74) is 0. The molecule has 0 N–H and O–H groups in total. The molecule has 0 aliphatic carbocycles. The van der Waals surface area contributed by atoms with E-state index in [9.17, 15) is 0 Å². The Bertz CT molecular complexity index is 0. The van der Waals surface area contributed by atoms with Gasteiger partial charge in [-0.05, 0) is 0 Å². The maximum Gasteiger partial charge on any atom is 0 e. The Labute approximate surface area is 420 Å². The normalized spacial score (nSPS) is 0. The van der Waals surface area contributed by atoms with Crippen molar-refractivity contribution < 1.29 is 436 Å². The molecule has 0 aromatic heterocycles. The minimum atomic E-state index is 0. The number of hydrogen-bond donors (Lipinski definition) is 0.